The van der Waals surface area contributed by atoms with E-state index in [4.69, 9.17) is 0 Å². The van der Waals surface area contributed by atoms with Crippen molar-refractivity contribution in [3.05, 3.63) is 29.1 Å². The number of rotatable bonds is 2. The third kappa shape index (κ3) is 2.21. The Morgan fingerprint density at radius 2 is 2.05 bits per heavy atom. The summed E-state index contributed by atoms with van der Waals surface area (Å²) < 4.78 is 13.7. The number of aliphatic hydroxyl groups excluding tert-OH is 2. The SMILES string of the molecule is Cc1cc(N2CC3CCC(O)C3C2)c([C@H](C)O)cc1F. The lowest BCUT2D eigenvalue weighted by molar-refractivity contribution is 0.133. The number of benzene rings is 1. The number of halogens is 1. The summed E-state index contributed by atoms with van der Waals surface area (Å²) in [4.78, 5) is 2.20. The van der Waals surface area contributed by atoms with Crippen LogP contribution >= 0.6 is 0 Å². The van der Waals surface area contributed by atoms with Gasteiger partial charge in [-0.3, -0.25) is 0 Å². The predicted octanol–water partition coefficient (Wildman–Crippen LogP) is 2.39. The first kappa shape index (κ1) is 13.8. The molecule has 3 nitrogen and oxygen atoms in total. The highest BCUT2D eigenvalue weighted by molar-refractivity contribution is 5.57. The summed E-state index contributed by atoms with van der Waals surface area (Å²) in [6.45, 7) is 5.11. The van der Waals surface area contributed by atoms with Gasteiger partial charge in [-0.2, -0.15) is 0 Å². The molecule has 4 atom stereocenters. The van der Waals surface area contributed by atoms with E-state index in [0.29, 0.717) is 23.0 Å². The molecule has 110 valence electrons. The first-order valence-corrected chi connectivity index (χ1v) is 7.38. The second kappa shape index (κ2) is 5.01. The molecule has 1 aromatic carbocycles. The van der Waals surface area contributed by atoms with Crippen molar-refractivity contribution in [1.29, 1.82) is 0 Å². The van der Waals surface area contributed by atoms with Gasteiger partial charge >= 0.3 is 0 Å². The topological polar surface area (TPSA) is 43.7 Å². The molecule has 2 N–H and O–H groups in total. The molecule has 1 aromatic rings. The second-order valence-electron chi connectivity index (χ2n) is 6.31. The Kier molecular flexibility index (Phi) is 3.46. The molecule has 3 unspecified atom stereocenters. The summed E-state index contributed by atoms with van der Waals surface area (Å²) in [6.07, 6.45) is 1.06. The normalized spacial score (nSPS) is 30.6. The van der Waals surface area contributed by atoms with Crippen LogP contribution in [0.5, 0.6) is 0 Å². The van der Waals surface area contributed by atoms with Crippen LogP contribution in [-0.2, 0) is 0 Å². The summed E-state index contributed by atoms with van der Waals surface area (Å²) in [5, 5.41) is 19.9. The van der Waals surface area contributed by atoms with Crippen molar-refractivity contribution in [2.45, 2.75) is 38.9 Å². The van der Waals surface area contributed by atoms with Crippen molar-refractivity contribution in [1.82, 2.24) is 0 Å². The standard InChI is InChI=1S/C16H22FNO2/c1-9-5-15(12(10(2)19)6-14(9)17)18-7-11-3-4-16(20)13(11)8-18/h5-6,10-11,13,16,19-20H,3-4,7-8H2,1-2H3/t10-,11?,13?,16?/m0/s1. The van der Waals surface area contributed by atoms with Crippen molar-refractivity contribution in [3.63, 3.8) is 0 Å². The Morgan fingerprint density at radius 1 is 1.30 bits per heavy atom. The lowest BCUT2D eigenvalue weighted by Gasteiger charge is -2.25. The Bertz CT molecular complexity index is 517. The molecule has 4 heteroatoms. The fourth-order valence-electron chi connectivity index (χ4n) is 3.72. The zero-order valence-electron chi connectivity index (χ0n) is 12.0. The highest BCUT2D eigenvalue weighted by Gasteiger charge is 2.42. The van der Waals surface area contributed by atoms with Crippen molar-refractivity contribution in [2.75, 3.05) is 18.0 Å². The van der Waals surface area contributed by atoms with Gasteiger partial charge in [-0.1, -0.05) is 0 Å². The van der Waals surface area contributed by atoms with Gasteiger partial charge in [0.1, 0.15) is 5.82 Å². The molecule has 1 aliphatic heterocycles. The summed E-state index contributed by atoms with van der Waals surface area (Å²) in [5.74, 6) is 0.573. The summed E-state index contributed by atoms with van der Waals surface area (Å²) in [6, 6.07) is 3.27. The van der Waals surface area contributed by atoms with Crippen LogP contribution < -0.4 is 4.90 Å². The third-order valence-electron chi connectivity index (χ3n) is 4.92. The van der Waals surface area contributed by atoms with Gasteiger partial charge in [0.25, 0.3) is 0 Å². The summed E-state index contributed by atoms with van der Waals surface area (Å²) in [5.41, 5.74) is 2.16. The van der Waals surface area contributed by atoms with Crippen LogP contribution in [0.3, 0.4) is 0 Å². The Morgan fingerprint density at radius 3 is 2.70 bits per heavy atom. The number of fused-ring (bicyclic) bond motifs is 1. The molecule has 1 saturated carbocycles. The van der Waals surface area contributed by atoms with Crippen LogP contribution in [0.1, 0.15) is 37.0 Å². The van der Waals surface area contributed by atoms with Crippen LogP contribution in [0.2, 0.25) is 0 Å². The first-order chi connectivity index (χ1) is 9.47. The molecular weight excluding hydrogens is 257 g/mol. The number of hydrogen-bond donors (Lipinski definition) is 2. The molecule has 20 heavy (non-hydrogen) atoms. The summed E-state index contributed by atoms with van der Waals surface area (Å²) in [7, 11) is 0. The minimum Gasteiger partial charge on any atom is -0.393 e. The minimum atomic E-state index is -0.689. The monoisotopic (exact) mass is 279 g/mol. The van der Waals surface area contributed by atoms with Gasteiger partial charge < -0.3 is 15.1 Å². The van der Waals surface area contributed by atoms with Gasteiger partial charge in [-0.25, -0.2) is 4.39 Å². The summed E-state index contributed by atoms with van der Waals surface area (Å²) >= 11 is 0. The van der Waals surface area contributed by atoms with E-state index < -0.39 is 6.10 Å². The zero-order valence-corrected chi connectivity index (χ0v) is 12.0. The lowest BCUT2D eigenvalue weighted by atomic mass is 10.00. The van der Waals surface area contributed by atoms with Crippen molar-refractivity contribution in [3.8, 4) is 0 Å². The van der Waals surface area contributed by atoms with Crippen molar-refractivity contribution < 1.29 is 14.6 Å². The van der Waals surface area contributed by atoms with Gasteiger partial charge in [0.2, 0.25) is 0 Å². The van der Waals surface area contributed by atoms with Gasteiger partial charge in [0.05, 0.1) is 12.2 Å². The van der Waals surface area contributed by atoms with Crippen LogP contribution in [0.15, 0.2) is 12.1 Å². The van der Waals surface area contributed by atoms with E-state index in [-0.39, 0.29) is 11.9 Å². The maximum absolute atomic E-state index is 13.7. The number of aryl methyl sites for hydroxylation is 1. The van der Waals surface area contributed by atoms with Gasteiger partial charge in [-0.15, -0.1) is 0 Å². The molecular formula is C16H22FNO2. The Labute approximate surface area is 119 Å². The fraction of sp³-hybridized carbons (Fsp3) is 0.625. The van der Waals surface area contributed by atoms with E-state index >= 15 is 0 Å². The molecule has 1 aliphatic carbocycles. The minimum absolute atomic E-state index is 0.207. The van der Waals surface area contributed by atoms with E-state index in [0.717, 1.165) is 31.6 Å². The van der Waals surface area contributed by atoms with E-state index in [1.54, 1.807) is 13.8 Å². The largest absolute Gasteiger partial charge is 0.393 e. The van der Waals surface area contributed by atoms with Crippen molar-refractivity contribution >= 4 is 5.69 Å². The molecule has 0 spiro atoms. The molecule has 2 aliphatic rings. The Hall–Kier alpha value is -1.13. The molecule has 2 fully saturated rings. The molecule has 3 rings (SSSR count). The first-order valence-electron chi connectivity index (χ1n) is 7.38. The van der Waals surface area contributed by atoms with Gasteiger partial charge in [-0.05, 0) is 50.3 Å². The van der Waals surface area contributed by atoms with E-state index in [1.165, 1.54) is 6.07 Å². The molecule has 0 aromatic heterocycles. The molecule has 0 radical (unpaired) electrons. The Balaban J connectivity index is 1.93. The quantitative estimate of drug-likeness (QED) is 0.873. The fourth-order valence-corrected chi connectivity index (χ4v) is 3.72. The lowest BCUT2D eigenvalue weighted by Crippen LogP contribution is -2.25. The number of anilines is 1. The highest BCUT2D eigenvalue weighted by Crippen LogP contribution is 2.41. The number of aliphatic hydroxyl groups is 2. The second-order valence-corrected chi connectivity index (χ2v) is 6.31. The van der Waals surface area contributed by atoms with Crippen LogP contribution in [0.25, 0.3) is 0 Å². The molecule has 0 bridgehead atoms. The molecule has 1 heterocycles. The van der Waals surface area contributed by atoms with Gasteiger partial charge in [0, 0.05) is 30.3 Å². The van der Waals surface area contributed by atoms with Crippen molar-refractivity contribution in [2.24, 2.45) is 11.8 Å². The van der Waals surface area contributed by atoms with Crippen LogP contribution in [0.4, 0.5) is 10.1 Å². The average Bonchev–Trinajstić information content (AvgIpc) is 2.95. The van der Waals surface area contributed by atoms with Crippen LogP contribution in [0, 0.1) is 24.6 Å². The van der Waals surface area contributed by atoms with E-state index in [9.17, 15) is 14.6 Å². The average molecular weight is 279 g/mol. The maximum atomic E-state index is 13.7. The van der Waals surface area contributed by atoms with Gasteiger partial charge in [0.15, 0.2) is 0 Å². The molecule has 1 saturated heterocycles. The number of hydrogen-bond acceptors (Lipinski definition) is 3. The molecule has 0 amide bonds. The number of nitrogens with zero attached hydrogens (tertiary/aromatic N) is 1. The third-order valence-corrected chi connectivity index (χ3v) is 4.92. The zero-order chi connectivity index (χ0) is 14.4. The smallest absolute Gasteiger partial charge is 0.126 e. The van der Waals surface area contributed by atoms with E-state index in [1.807, 2.05) is 6.07 Å². The highest BCUT2D eigenvalue weighted by atomic mass is 19.1. The predicted molar refractivity (Wildman–Crippen MR) is 76.2 cm³/mol. The van der Waals surface area contributed by atoms with Crippen LogP contribution in [-0.4, -0.2) is 29.4 Å². The van der Waals surface area contributed by atoms with E-state index in [2.05, 4.69) is 4.90 Å². The maximum Gasteiger partial charge on any atom is 0.126 e.